The largest absolute Gasteiger partial charge is 0.461 e. The van der Waals surface area contributed by atoms with Gasteiger partial charge in [0.15, 0.2) is 28.4 Å². The van der Waals surface area contributed by atoms with Gasteiger partial charge in [-0.05, 0) is 26.0 Å². The fourth-order valence-corrected chi connectivity index (χ4v) is 4.03. The molecule has 0 spiro atoms. The van der Waals surface area contributed by atoms with Crippen LogP contribution in [0.15, 0.2) is 33.3 Å². The second kappa shape index (κ2) is 7.63. The second-order valence-electron chi connectivity index (χ2n) is 5.17. The van der Waals surface area contributed by atoms with Crippen molar-refractivity contribution >= 4 is 28.9 Å². The number of rotatable bonds is 7. The zero-order valence-corrected chi connectivity index (χ0v) is 15.3. The first-order valence-electron chi connectivity index (χ1n) is 7.58. The molecule has 9 heteroatoms. The number of thiazole rings is 1. The molecule has 0 saturated heterocycles. The molecule has 128 valence electrons. The highest BCUT2D eigenvalue weighted by molar-refractivity contribution is 7.99. The number of carbonyl (C=O) groups excluding carboxylic acids is 1. The number of hydrogen-bond donors (Lipinski definition) is 0. The smallest absolute Gasteiger partial charge is 0.200 e. The Morgan fingerprint density at radius 3 is 2.96 bits per heavy atom. The summed E-state index contributed by atoms with van der Waals surface area (Å²) >= 11 is 2.60. The molecular weight excluding hydrogens is 358 g/mol. The van der Waals surface area contributed by atoms with Crippen molar-refractivity contribution in [2.24, 2.45) is 0 Å². The summed E-state index contributed by atoms with van der Waals surface area (Å²) in [4.78, 5) is 16.7. The van der Waals surface area contributed by atoms with E-state index in [-0.39, 0.29) is 11.5 Å². The summed E-state index contributed by atoms with van der Waals surface area (Å²) in [5, 5.41) is 20.6. The van der Waals surface area contributed by atoms with Crippen LogP contribution in [-0.2, 0) is 11.3 Å². The quantitative estimate of drug-likeness (QED) is 0.586. The van der Waals surface area contributed by atoms with E-state index in [1.807, 2.05) is 29.9 Å². The van der Waals surface area contributed by atoms with E-state index in [1.54, 1.807) is 12.3 Å². The van der Waals surface area contributed by atoms with Crippen LogP contribution in [0.25, 0.3) is 11.6 Å². The molecule has 1 atom stereocenters. The van der Waals surface area contributed by atoms with E-state index < -0.39 is 5.92 Å². The van der Waals surface area contributed by atoms with Crippen molar-refractivity contribution in [2.75, 3.05) is 5.75 Å². The summed E-state index contributed by atoms with van der Waals surface area (Å²) in [6, 6.07) is 5.65. The van der Waals surface area contributed by atoms with Gasteiger partial charge in [0.2, 0.25) is 0 Å². The summed E-state index contributed by atoms with van der Waals surface area (Å²) in [6.07, 6.45) is 1.58. The first kappa shape index (κ1) is 17.4. The van der Waals surface area contributed by atoms with Crippen LogP contribution < -0.4 is 0 Å². The van der Waals surface area contributed by atoms with E-state index in [2.05, 4.69) is 21.3 Å². The standard InChI is InChI=1S/C16H15N5O2S2/c1-3-21-14(13-5-4-6-23-13)19-20-16(21)25-9-12(22)11(7-17)15-18-10(2)8-24-15/h4-6,8,11H,3,9H2,1-2H3. The van der Waals surface area contributed by atoms with E-state index >= 15 is 0 Å². The summed E-state index contributed by atoms with van der Waals surface area (Å²) < 4.78 is 7.25. The average Bonchev–Trinajstić information content (AvgIpc) is 3.33. The molecule has 0 aromatic carbocycles. The minimum Gasteiger partial charge on any atom is -0.461 e. The molecule has 0 aliphatic heterocycles. The number of nitriles is 1. The molecular formula is C16H15N5O2S2. The first-order valence-corrected chi connectivity index (χ1v) is 9.44. The van der Waals surface area contributed by atoms with Crippen LogP contribution in [0.1, 0.15) is 23.5 Å². The predicted molar refractivity (Wildman–Crippen MR) is 94.3 cm³/mol. The molecule has 3 heterocycles. The van der Waals surface area contributed by atoms with Gasteiger partial charge in [0.25, 0.3) is 0 Å². The van der Waals surface area contributed by atoms with Crippen molar-refractivity contribution in [3.63, 3.8) is 0 Å². The van der Waals surface area contributed by atoms with Crippen molar-refractivity contribution in [1.82, 2.24) is 19.7 Å². The fraction of sp³-hybridized carbons (Fsp3) is 0.312. The number of aromatic nitrogens is 4. The van der Waals surface area contributed by atoms with Crippen LogP contribution in [0.3, 0.4) is 0 Å². The molecule has 0 amide bonds. The molecule has 0 radical (unpaired) electrons. The molecule has 3 rings (SSSR count). The zero-order chi connectivity index (χ0) is 17.8. The molecule has 0 bridgehead atoms. The number of Topliss-reactive ketones (excluding diaryl/α,β-unsaturated/α-hetero) is 1. The molecule has 1 unspecified atom stereocenters. The number of thioether (sulfide) groups is 1. The SMILES string of the molecule is CCn1c(SCC(=O)C(C#N)c2nc(C)cs2)nnc1-c1ccco1. The van der Waals surface area contributed by atoms with E-state index in [0.717, 1.165) is 5.69 Å². The monoisotopic (exact) mass is 373 g/mol. The molecule has 3 aromatic rings. The summed E-state index contributed by atoms with van der Waals surface area (Å²) in [7, 11) is 0. The van der Waals surface area contributed by atoms with Crippen LogP contribution in [0.5, 0.6) is 0 Å². The Hall–Kier alpha value is -2.44. The lowest BCUT2D eigenvalue weighted by Crippen LogP contribution is -2.13. The number of nitrogens with zero attached hydrogens (tertiary/aromatic N) is 5. The molecule has 0 saturated carbocycles. The Morgan fingerprint density at radius 1 is 1.52 bits per heavy atom. The van der Waals surface area contributed by atoms with Crippen LogP contribution in [0.2, 0.25) is 0 Å². The van der Waals surface area contributed by atoms with Gasteiger partial charge in [-0.15, -0.1) is 21.5 Å². The van der Waals surface area contributed by atoms with Crippen molar-refractivity contribution in [3.05, 3.63) is 34.5 Å². The van der Waals surface area contributed by atoms with Crippen molar-refractivity contribution in [3.8, 4) is 17.7 Å². The third-order valence-electron chi connectivity index (χ3n) is 3.45. The van der Waals surface area contributed by atoms with Crippen molar-refractivity contribution < 1.29 is 9.21 Å². The zero-order valence-electron chi connectivity index (χ0n) is 13.7. The number of ketones is 1. The van der Waals surface area contributed by atoms with Gasteiger partial charge < -0.3 is 4.42 Å². The normalized spacial score (nSPS) is 12.0. The van der Waals surface area contributed by atoms with E-state index in [4.69, 9.17) is 4.42 Å². The minimum absolute atomic E-state index is 0.132. The summed E-state index contributed by atoms with van der Waals surface area (Å²) in [5.41, 5.74) is 0.814. The van der Waals surface area contributed by atoms with Crippen molar-refractivity contribution in [2.45, 2.75) is 31.5 Å². The van der Waals surface area contributed by atoms with E-state index in [0.29, 0.717) is 28.3 Å². The van der Waals surface area contributed by atoms with E-state index in [1.165, 1.54) is 23.1 Å². The van der Waals surface area contributed by atoms with Crippen molar-refractivity contribution in [1.29, 1.82) is 5.26 Å². The van der Waals surface area contributed by atoms with Gasteiger partial charge in [0.05, 0.1) is 18.1 Å². The maximum atomic E-state index is 12.4. The number of carbonyl (C=O) groups is 1. The minimum atomic E-state index is -0.839. The molecule has 3 aromatic heterocycles. The Balaban J connectivity index is 1.73. The lowest BCUT2D eigenvalue weighted by molar-refractivity contribution is -0.116. The third kappa shape index (κ3) is 3.65. The first-order chi connectivity index (χ1) is 12.1. The Kier molecular flexibility index (Phi) is 5.31. The van der Waals surface area contributed by atoms with Crippen LogP contribution in [0.4, 0.5) is 0 Å². The van der Waals surface area contributed by atoms with Gasteiger partial charge in [0, 0.05) is 17.6 Å². The maximum absolute atomic E-state index is 12.4. The molecule has 7 nitrogen and oxygen atoms in total. The lowest BCUT2D eigenvalue weighted by atomic mass is 10.1. The van der Waals surface area contributed by atoms with Gasteiger partial charge in [-0.25, -0.2) is 4.98 Å². The topological polar surface area (TPSA) is 97.6 Å². The number of furan rings is 1. The van der Waals surface area contributed by atoms with Crippen LogP contribution in [0, 0.1) is 18.3 Å². The molecule has 0 N–H and O–H groups in total. The van der Waals surface area contributed by atoms with Gasteiger partial charge >= 0.3 is 0 Å². The van der Waals surface area contributed by atoms with Crippen LogP contribution in [-0.4, -0.2) is 31.3 Å². The lowest BCUT2D eigenvalue weighted by Gasteiger charge is -2.07. The van der Waals surface area contributed by atoms with Gasteiger partial charge in [0.1, 0.15) is 5.01 Å². The highest BCUT2D eigenvalue weighted by Crippen LogP contribution is 2.27. The number of hydrogen-bond acceptors (Lipinski definition) is 8. The molecule has 0 fully saturated rings. The highest BCUT2D eigenvalue weighted by Gasteiger charge is 2.24. The van der Waals surface area contributed by atoms with Crippen LogP contribution >= 0.6 is 23.1 Å². The summed E-state index contributed by atoms with van der Waals surface area (Å²) in [5.74, 6) is 0.351. The average molecular weight is 373 g/mol. The van der Waals surface area contributed by atoms with E-state index in [9.17, 15) is 10.1 Å². The Morgan fingerprint density at radius 2 is 2.36 bits per heavy atom. The molecule has 0 aliphatic carbocycles. The number of aryl methyl sites for hydroxylation is 1. The third-order valence-corrected chi connectivity index (χ3v) is 5.47. The van der Waals surface area contributed by atoms with Gasteiger partial charge in [-0.2, -0.15) is 5.26 Å². The van der Waals surface area contributed by atoms with Gasteiger partial charge in [-0.1, -0.05) is 11.8 Å². The maximum Gasteiger partial charge on any atom is 0.200 e. The predicted octanol–water partition coefficient (Wildman–Crippen LogP) is 3.29. The second-order valence-corrected chi connectivity index (χ2v) is 7.00. The highest BCUT2D eigenvalue weighted by atomic mass is 32.2. The summed E-state index contributed by atoms with van der Waals surface area (Å²) in [6.45, 7) is 4.46. The molecule has 25 heavy (non-hydrogen) atoms. The Bertz CT molecular complexity index is 908. The molecule has 0 aliphatic rings. The fourth-order valence-electron chi connectivity index (χ4n) is 2.26. The van der Waals surface area contributed by atoms with Gasteiger partial charge in [-0.3, -0.25) is 9.36 Å². The Labute approximate surface area is 152 Å².